The van der Waals surface area contributed by atoms with Crippen LogP contribution in [0.15, 0.2) is 30.4 Å². The van der Waals surface area contributed by atoms with Crippen LogP contribution in [-0.4, -0.2) is 52.5 Å². The van der Waals surface area contributed by atoms with Crippen molar-refractivity contribution in [3.05, 3.63) is 41.5 Å². The molecule has 4 aliphatic rings. The highest BCUT2D eigenvalue weighted by atomic mass is 16.5. The van der Waals surface area contributed by atoms with Gasteiger partial charge in [-0.3, -0.25) is 14.4 Å². The van der Waals surface area contributed by atoms with Gasteiger partial charge in [-0.05, 0) is 68.7 Å². The Bertz CT molecular complexity index is 1130. The Hall–Kier alpha value is -2.67. The molecule has 2 N–H and O–H groups in total. The summed E-state index contributed by atoms with van der Waals surface area (Å²) >= 11 is 0. The van der Waals surface area contributed by atoms with Crippen molar-refractivity contribution in [2.75, 3.05) is 5.32 Å². The highest BCUT2D eigenvalue weighted by molar-refractivity contribution is 6.03. The summed E-state index contributed by atoms with van der Waals surface area (Å²) in [6.45, 7) is 12.5. The van der Waals surface area contributed by atoms with E-state index < -0.39 is 29.6 Å². The molecule has 37 heavy (non-hydrogen) atoms. The zero-order valence-electron chi connectivity index (χ0n) is 22.9. The molecule has 5 rings (SSSR count). The normalized spacial score (nSPS) is 37.0. The van der Waals surface area contributed by atoms with Crippen LogP contribution in [0.4, 0.5) is 5.69 Å². The number of ether oxygens (including phenoxy) is 1. The fourth-order valence-electron chi connectivity index (χ4n) is 6.97. The van der Waals surface area contributed by atoms with Gasteiger partial charge in [0.05, 0.1) is 17.9 Å². The van der Waals surface area contributed by atoms with E-state index in [9.17, 15) is 14.4 Å². The molecule has 200 valence electrons. The van der Waals surface area contributed by atoms with Gasteiger partial charge in [0.2, 0.25) is 17.7 Å². The zero-order chi connectivity index (χ0) is 26.6. The third-order valence-corrected chi connectivity index (χ3v) is 9.74. The first-order chi connectivity index (χ1) is 17.6. The molecule has 0 radical (unpaired) electrons. The van der Waals surface area contributed by atoms with Crippen LogP contribution < -0.4 is 10.6 Å². The number of amides is 3. The van der Waals surface area contributed by atoms with Crippen LogP contribution in [0.5, 0.6) is 0 Å². The summed E-state index contributed by atoms with van der Waals surface area (Å²) in [5.74, 6) is -1.06. The lowest BCUT2D eigenvalue weighted by Crippen LogP contribution is -2.59. The van der Waals surface area contributed by atoms with Gasteiger partial charge >= 0.3 is 0 Å². The maximum atomic E-state index is 14.0. The number of carbonyl (C=O) groups excluding carboxylic acids is 3. The Morgan fingerprint density at radius 1 is 1.16 bits per heavy atom. The third-order valence-electron chi connectivity index (χ3n) is 9.74. The number of aryl methyl sites for hydroxylation is 2. The molecule has 3 amide bonds. The predicted octanol–water partition coefficient (Wildman–Crippen LogP) is 4.13. The molecule has 1 aromatic carbocycles. The standard InChI is InChI=1S/C30H41N3O4/c1-7-19(5)33-26(28(35)32-22-10-8-9-17(3)20(22)6)30-14-13-23(37-30)24(25(30)29(33)36)27(34)31-21-12-11-16(2)18(4)15-21/h11-15,17,19-20,22-26H,7-10H2,1-6H3,(H,31,34)(H,32,35)/t17-,19-,20+,22+,23+,24+,25+,26-,30-/m0/s1. The molecular formula is C30H41N3O4. The number of carbonyl (C=O) groups is 3. The molecule has 2 saturated heterocycles. The van der Waals surface area contributed by atoms with Gasteiger partial charge in [0, 0.05) is 17.8 Å². The second kappa shape index (κ2) is 9.57. The van der Waals surface area contributed by atoms with E-state index in [1.54, 1.807) is 4.90 Å². The van der Waals surface area contributed by atoms with E-state index in [4.69, 9.17) is 4.74 Å². The number of hydrogen-bond donors (Lipinski definition) is 2. The summed E-state index contributed by atoms with van der Waals surface area (Å²) in [7, 11) is 0. The molecule has 3 aliphatic heterocycles. The van der Waals surface area contributed by atoms with E-state index in [1.165, 1.54) is 6.42 Å². The molecular weight excluding hydrogens is 466 g/mol. The van der Waals surface area contributed by atoms with Crippen molar-refractivity contribution in [1.82, 2.24) is 10.2 Å². The first-order valence-corrected chi connectivity index (χ1v) is 14.0. The summed E-state index contributed by atoms with van der Waals surface area (Å²) < 4.78 is 6.47. The molecule has 1 aliphatic carbocycles. The van der Waals surface area contributed by atoms with E-state index >= 15 is 0 Å². The largest absolute Gasteiger partial charge is 0.359 e. The molecule has 0 aromatic heterocycles. The van der Waals surface area contributed by atoms with Crippen molar-refractivity contribution >= 4 is 23.4 Å². The molecule has 1 aromatic rings. The first-order valence-electron chi connectivity index (χ1n) is 14.0. The Balaban J connectivity index is 1.45. The fourth-order valence-corrected chi connectivity index (χ4v) is 6.97. The minimum absolute atomic E-state index is 0.0760. The number of rotatable bonds is 6. The van der Waals surface area contributed by atoms with E-state index in [2.05, 4.69) is 24.5 Å². The topological polar surface area (TPSA) is 87.7 Å². The first kappa shape index (κ1) is 26.0. The summed E-state index contributed by atoms with van der Waals surface area (Å²) in [5.41, 5.74) is 1.81. The van der Waals surface area contributed by atoms with E-state index in [1.807, 2.05) is 58.0 Å². The van der Waals surface area contributed by atoms with Gasteiger partial charge in [0.15, 0.2) is 0 Å². The van der Waals surface area contributed by atoms with Gasteiger partial charge in [-0.2, -0.15) is 0 Å². The minimum Gasteiger partial charge on any atom is -0.359 e. The van der Waals surface area contributed by atoms with Crippen molar-refractivity contribution in [2.45, 2.75) is 97.1 Å². The van der Waals surface area contributed by atoms with Crippen LogP contribution in [0.1, 0.15) is 64.5 Å². The Morgan fingerprint density at radius 2 is 1.92 bits per heavy atom. The third kappa shape index (κ3) is 4.10. The summed E-state index contributed by atoms with van der Waals surface area (Å²) in [6.07, 6.45) is 7.15. The average Bonchev–Trinajstić information content (AvgIpc) is 3.51. The SMILES string of the molecule is CC[C@H](C)N1C(=O)[C@H]2[C@H](C(=O)Nc3ccc(C)c(C)c3)[C@H]3C=C[C@@]2(O3)[C@@H]1C(=O)N[C@@H]1CCC[C@H](C)[C@H]1C. The Labute approximate surface area is 220 Å². The number of nitrogens with zero attached hydrogens (tertiary/aromatic N) is 1. The number of hydrogen-bond acceptors (Lipinski definition) is 4. The molecule has 1 saturated carbocycles. The minimum atomic E-state index is -1.12. The maximum Gasteiger partial charge on any atom is 0.246 e. The van der Waals surface area contributed by atoms with E-state index in [0.717, 1.165) is 24.0 Å². The van der Waals surface area contributed by atoms with Crippen LogP contribution in [0.25, 0.3) is 0 Å². The van der Waals surface area contributed by atoms with Gasteiger partial charge in [-0.15, -0.1) is 0 Å². The van der Waals surface area contributed by atoms with Gasteiger partial charge in [-0.25, -0.2) is 0 Å². The smallest absolute Gasteiger partial charge is 0.246 e. The summed E-state index contributed by atoms with van der Waals surface area (Å²) in [4.78, 5) is 43.3. The van der Waals surface area contributed by atoms with Crippen molar-refractivity contribution in [3.63, 3.8) is 0 Å². The highest BCUT2D eigenvalue weighted by Gasteiger charge is 2.73. The van der Waals surface area contributed by atoms with Crippen LogP contribution in [0.3, 0.4) is 0 Å². The molecule has 3 fully saturated rings. The van der Waals surface area contributed by atoms with Gasteiger partial charge in [0.25, 0.3) is 0 Å². The second-order valence-electron chi connectivity index (χ2n) is 11.9. The molecule has 3 heterocycles. The van der Waals surface area contributed by atoms with Crippen molar-refractivity contribution < 1.29 is 19.1 Å². The number of nitrogens with one attached hydrogen (secondary N) is 2. The zero-order valence-corrected chi connectivity index (χ0v) is 22.9. The molecule has 2 bridgehead atoms. The summed E-state index contributed by atoms with van der Waals surface area (Å²) in [5, 5.41) is 6.33. The molecule has 1 spiro atoms. The van der Waals surface area contributed by atoms with Crippen LogP contribution >= 0.6 is 0 Å². The Morgan fingerprint density at radius 3 is 2.62 bits per heavy atom. The lowest BCUT2D eigenvalue weighted by Gasteiger charge is -2.39. The van der Waals surface area contributed by atoms with Crippen LogP contribution in [0, 0.1) is 37.5 Å². The number of fused-ring (bicyclic) bond motifs is 1. The van der Waals surface area contributed by atoms with Crippen molar-refractivity contribution in [1.29, 1.82) is 0 Å². The molecule has 0 unspecified atom stereocenters. The average molecular weight is 508 g/mol. The number of anilines is 1. The maximum absolute atomic E-state index is 14.0. The van der Waals surface area contributed by atoms with Crippen LogP contribution in [0.2, 0.25) is 0 Å². The quantitative estimate of drug-likeness (QED) is 0.567. The molecule has 7 heteroatoms. The van der Waals surface area contributed by atoms with E-state index in [-0.39, 0.29) is 29.8 Å². The van der Waals surface area contributed by atoms with Gasteiger partial charge in [-0.1, -0.05) is 51.8 Å². The lowest BCUT2D eigenvalue weighted by atomic mass is 9.73. The van der Waals surface area contributed by atoms with Crippen molar-refractivity contribution in [2.24, 2.45) is 23.7 Å². The van der Waals surface area contributed by atoms with E-state index in [0.29, 0.717) is 23.9 Å². The predicted molar refractivity (Wildman–Crippen MR) is 143 cm³/mol. The number of benzene rings is 1. The monoisotopic (exact) mass is 507 g/mol. The van der Waals surface area contributed by atoms with Crippen LogP contribution in [-0.2, 0) is 19.1 Å². The number of likely N-dealkylation sites (tertiary alicyclic amines) is 1. The summed E-state index contributed by atoms with van der Waals surface area (Å²) in [6, 6.07) is 4.94. The van der Waals surface area contributed by atoms with Gasteiger partial charge < -0.3 is 20.3 Å². The second-order valence-corrected chi connectivity index (χ2v) is 11.9. The molecule has 9 atom stereocenters. The Kier molecular flexibility index (Phi) is 6.71. The highest BCUT2D eigenvalue weighted by Crippen LogP contribution is 2.56. The van der Waals surface area contributed by atoms with Crippen molar-refractivity contribution in [3.8, 4) is 0 Å². The molecule has 7 nitrogen and oxygen atoms in total. The fraction of sp³-hybridized carbons (Fsp3) is 0.633. The van der Waals surface area contributed by atoms with Gasteiger partial charge in [0.1, 0.15) is 11.6 Å². The lowest BCUT2D eigenvalue weighted by molar-refractivity contribution is -0.144.